The van der Waals surface area contributed by atoms with E-state index in [1.165, 1.54) is 6.92 Å². The fraction of sp³-hybridized carbons (Fsp3) is 0.688. The van der Waals surface area contributed by atoms with E-state index in [2.05, 4.69) is 15.6 Å². The first kappa shape index (κ1) is 18.4. The van der Waals surface area contributed by atoms with Gasteiger partial charge in [0.25, 0.3) is 0 Å². The molecule has 2 aliphatic rings. The summed E-state index contributed by atoms with van der Waals surface area (Å²) < 4.78 is 4.80. The molecular weight excluding hydrogens is 282 g/mol. The molecule has 126 valence electrons. The molecule has 0 bridgehead atoms. The van der Waals surface area contributed by atoms with Crippen LogP contribution < -0.4 is 10.6 Å². The highest BCUT2D eigenvalue weighted by molar-refractivity contribution is 5.98. The van der Waals surface area contributed by atoms with E-state index in [0.29, 0.717) is 12.3 Å². The third-order valence-corrected chi connectivity index (χ3v) is 2.96. The summed E-state index contributed by atoms with van der Waals surface area (Å²) in [6.07, 6.45) is 6.21. The Morgan fingerprint density at radius 3 is 2.50 bits per heavy atom. The molecule has 0 aromatic rings. The lowest BCUT2D eigenvalue weighted by Crippen LogP contribution is -2.45. The maximum absolute atomic E-state index is 11.5. The molecule has 1 amide bonds. The maximum atomic E-state index is 11.5. The molecule has 2 aliphatic heterocycles. The lowest BCUT2D eigenvalue weighted by atomic mass is 9.99. The monoisotopic (exact) mass is 311 g/mol. The van der Waals surface area contributed by atoms with Gasteiger partial charge in [0.15, 0.2) is 0 Å². The quantitative estimate of drug-likeness (QED) is 0.765. The molecule has 6 nitrogen and oxygen atoms in total. The molecule has 1 fully saturated rings. The second kappa shape index (κ2) is 8.68. The number of hydrogen-bond donors (Lipinski definition) is 2. The molecule has 0 spiro atoms. The van der Waals surface area contributed by atoms with E-state index in [1.54, 1.807) is 6.20 Å². The summed E-state index contributed by atoms with van der Waals surface area (Å²) in [5.41, 5.74) is -0.328. The van der Waals surface area contributed by atoms with Crippen LogP contribution >= 0.6 is 0 Å². The Balaban J connectivity index is 0.000000469. The summed E-state index contributed by atoms with van der Waals surface area (Å²) in [6, 6.07) is 0. The lowest BCUT2D eigenvalue weighted by molar-refractivity contribution is -0.151. The summed E-state index contributed by atoms with van der Waals surface area (Å²) in [5, 5.41) is 6.00. The molecule has 0 aromatic carbocycles. The van der Waals surface area contributed by atoms with Crippen LogP contribution in [0.5, 0.6) is 0 Å². The standard InChI is InChI=1S/C10H15N3O.C6H12O2.H2/c14-10(5-8-6-11-7-8)13-9-3-1-2-4-12-9;1-5(7)8-6(2,3)4;/h2,4,8,11H,1,3,5-7H2,(H,12,13,14);1-4H3;1H. The molecule has 0 aliphatic carbocycles. The minimum Gasteiger partial charge on any atom is -0.460 e. The molecule has 0 radical (unpaired) electrons. The fourth-order valence-corrected chi connectivity index (χ4v) is 1.99. The Bertz CT molecular complexity index is 452. The van der Waals surface area contributed by atoms with Crippen LogP contribution in [-0.2, 0) is 14.3 Å². The second-order valence-electron chi connectivity index (χ2n) is 6.48. The number of amidine groups is 1. The largest absolute Gasteiger partial charge is 0.460 e. The lowest BCUT2D eigenvalue weighted by Gasteiger charge is -2.26. The van der Waals surface area contributed by atoms with Crippen LogP contribution in [0.2, 0.25) is 0 Å². The van der Waals surface area contributed by atoms with Gasteiger partial charge in [-0.25, -0.2) is 4.99 Å². The SMILES string of the molecule is CC(=O)OC(C)(C)C.O=C(CC1CNC1)NC1=NC=CCC1.[HH]. The number of nitrogens with zero attached hydrogens (tertiary/aromatic N) is 1. The smallest absolute Gasteiger partial charge is 0.303 e. The Labute approximate surface area is 133 Å². The average molecular weight is 311 g/mol. The van der Waals surface area contributed by atoms with Crippen LogP contribution in [0.15, 0.2) is 17.3 Å². The molecule has 6 heteroatoms. The summed E-state index contributed by atoms with van der Waals surface area (Å²) in [5.74, 6) is 1.21. The number of amides is 1. The predicted molar refractivity (Wildman–Crippen MR) is 88.6 cm³/mol. The first-order valence-corrected chi connectivity index (χ1v) is 7.68. The van der Waals surface area contributed by atoms with Gasteiger partial charge in [-0.1, -0.05) is 6.08 Å². The van der Waals surface area contributed by atoms with E-state index in [-0.39, 0.29) is 18.9 Å². The summed E-state index contributed by atoms with van der Waals surface area (Å²) in [7, 11) is 0. The molecule has 0 saturated carbocycles. The van der Waals surface area contributed by atoms with Crippen molar-refractivity contribution in [1.82, 2.24) is 10.6 Å². The Hall–Kier alpha value is -1.69. The van der Waals surface area contributed by atoms with Gasteiger partial charge >= 0.3 is 5.97 Å². The molecule has 0 unspecified atom stereocenters. The van der Waals surface area contributed by atoms with Gasteiger partial charge in [0.2, 0.25) is 5.91 Å². The van der Waals surface area contributed by atoms with Gasteiger partial charge in [0.1, 0.15) is 11.4 Å². The van der Waals surface area contributed by atoms with Crippen molar-refractivity contribution in [2.24, 2.45) is 10.9 Å². The molecule has 0 atom stereocenters. The minimum absolute atomic E-state index is 0. The van der Waals surface area contributed by atoms with Crippen LogP contribution in [0.4, 0.5) is 0 Å². The van der Waals surface area contributed by atoms with Crippen molar-refractivity contribution in [3.05, 3.63) is 12.3 Å². The molecule has 2 rings (SSSR count). The first-order valence-electron chi connectivity index (χ1n) is 7.68. The average Bonchev–Trinajstić information content (AvgIpc) is 2.33. The summed E-state index contributed by atoms with van der Waals surface area (Å²) >= 11 is 0. The zero-order valence-corrected chi connectivity index (χ0v) is 13.9. The van der Waals surface area contributed by atoms with E-state index >= 15 is 0 Å². The van der Waals surface area contributed by atoms with Gasteiger partial charge in [0, 0.05) is 27.4 Å². The van der Waals surface area contributed by atoms with Gasteiger partial charge in [0.05, 0.1) is 0 Å². The zero-order chi connectivity index (χ0) is 16.6. The van der Waals surface area contributed by atoms with Crippen LogP contribution in [0, 0.1) is 5.92 Å². The number of allylic oxidation sites excluding steroid dienone is 1. The van der Waals surface area contributed by atoms with Crippen molar-refractivity contribution >= 4 is 17.7 Å². The van der Waals surface area contributed by atoms with E-state index in [9.17, 15) is 9.59 Å². The normalized spacial score (nSPS) is 17.5. The number of carbonyl (C=O) groups excluding carboxylic acids is 2. The van der Waals surface area contributed by atoms with Crippen LogP contribution in [-0.4, -0.2) is 36.4 Å². The number of aliphatic imine (C=N–C) groups is 1. The van der Waals surface area contributed by atoms with Crippen molar-refractivity contribution in [2.45, 2.75) is 52.6 Å². The number of rotatable bonds is 2. The fourth-order valence-electron chi connectivity index (χ4n) is 1.99. The van der Waals surface area contributed by atoms with Crippen molar-refractivity contribution < 1.29 is 15.8 Å². The first-order chi connectivity index (χ1) is 10.3. The Morgan fingerprint density at radius 1 is 1.45 bits per heavy atom. The minimum atomic E-state index is -0.328. The van der Waals surface area contributed by atoms with E-state index in [0.717, 1.165) is 31.8 Å². The highest BCUT2D eigenvalue weighted by Crippen LogP contribution is 2.08. The van der Waals surface area contributed by atoms with Gasteiger partial charge < -0.3 is 15.4 Å². The van der Waals surface area contributed by atoms with Crippen LogP contribution in [0.25, 0.3) is 0 Å². The van der Waals surface area contributed by atoms with Gasteiger partial charge in [-0.3, -0.25) is 9.59 Å². The predicted octanol–water partition coefficient (Wildman–Crippen LogP) is 2.01. The van der Waals surface area contributed by atoms with Gasteiger partial charge in [-0.2, -0.15) is 0 Å². The van der Waals surface area contributed by atoms with Crippen molar-refractivity contribution in [2.75, 3.05) is 13.1 Å². The molecule has 2 heterocycles. The van der Waals surface area contributed by atoms with Gasteiger partial charge in [-0.05, 0) is 46.2 Å². The van der Waals surface area contributed by atoms with E-state index < -0.39 is 0 Å². The van der Waals surface area contributed by atoms with E-state index in [4.69, 9.17) is 4.74 Å². The number of esters is 1. The Morgan fingerprint density at radius 2 is 2.14 bits per heavy atom. The number of carbonyl (C=O) groups is 2. The van der Waals surface area contributed by atoms with E-state index in [1.807, 2.05) is 26.8 Å². The third kappa shape index (κ3) is 8.56. The maximum Gasteiger partial charge on any atom is 0.303 e. The van der Waals surface area contributed by atoms with Gasteiger partial charge in [-0.15, -0.1) is 0 Å². The summed E-state index contributed by atoms with van der Waals surface area (Å²) in [4.78, 5) is 25.8. The Kier molecular flexibility index (Phi) is 7.24. The molecule has 0 aromatic heterocycles. The zero-order valence-electron chi connectivity index (χ0n) is 13.9. The number of ether oxygens (including phenoxy) is 1. The number of nitrogens with one attached hydrogen (secondary N) is 2. The third-order valence-electron chi connectivity index (χ3n) is 2.96. The second-order valence-corrected chi connectivity index (χ2v) is 6.48. The molecule has 22 heavy (non-hydrogen) atoms. The highest BCUT2D eigenvalue weighted by Gasteiger charge is 2.20. The van der Waals surface area contributed by atoms with Crippen molar-refractivity contribution in [3.8, 4) is 0 Å². The van der Waals surface area contributed by atoms with Crippen LogP contribution in [0.1, 0.15) is 48.4 Å². The molecule has 2 N–H and O–H groups in total. The van der Waals surface area contributed by atoms with Crippen molar-refractivity contribution in [3.63, 3.8) is 0 Å². The van der Waals surface area contributed by atoms with Crippen molar-refractivity contribution in [1.29, 1.82) is 0 Å². The number of hydrogen-bond acceptors (Lipinski definition) is 5. The molecular formula is C16H29N3O3. The van der Waals surface area contributed by atoms with Crippen LogP contribution in [0.3, 0.4) is 0 Å². The summed E-state index contributed by atoms with van der Waals surface area (Å²) in [6.45, 7) is 8.88. The topological polar surface area (TPSA) is 79.8 Å². The highest BCUT2D eigenvalue weighted by atomic mass is 16.6. The molecule has 1 saturated heterocycles.